The van der Waals surface area contributed by atoms with Crippen molar-refractivity contribution in [1.82, 2.24) is 25.3 Å². The lowest BCUT2D eigenvalue weighted by atomic mass is 10.1. The molecule has 1 fully saturated rings. The van der Waals surface area contributed by atoms with Crippen LogP contribution in [0.2, 0.25) is 0 Å². The monoisotopic (exact) mass is 219 g/mol. The second-order valence-corrected chi connectivity index (χ2v) is 3.87. The van der Waals surface area contributed by atoms with E-state index in [1.165, 1.54) is 6.33 Å². The Kier molecular flexibility index (Phi) is 2.41. The van der Waals surface area contributed by atoms with Gasteiger partial charge in [0.05, 0.1) is 6.33 Å². The molecule has 1 atom stereocenters. The summed E-state index contributed by atoms with van der Waals surface area (Å²) >= 11 is 0. The molecule has 84 valence electrons. The lowest BCUT2D eigenvalue weighted by molar-refractivity contribution is 0.162. The molecular formula is C10H13N5O. The number of H-pyrrole nitrogens is 1. The molecule has 3 heterocycles. The van der Waals surface area contributed by atoms with E-state index in [2.05, 4.69) is 25.3 Å². The summed E-state index contributed by atoms with van der Waals surface area (Å²) < 4.78 is 5.84. The van der Waals surface area contributed by atoms with Gasteiger partial charge in [0.2, 0.25) is 5.88 Å². The molecule has 3 rings (SSSR count). The first-order chi connectivity index (χ1) is 7.93. The molecule has 0 spiro atoms. The number of ether oxygens (including phenoxy) is 1. The highest BCUT2D eigenvalue weighted by Gasteiger charge is 2.17. The number of rotatable bonds is 2. The van der Waals surface area contributed by atoms with Crippen LogP contribution in [0.25, 0.3) is 11.2 Å². The highest BCUT2D eigenvalue weighted by molar-refractivity contribution is 5.74. The molecule has 6 nitrogen and oxygen atoms in total. The SMILES string of the molecule is c1nc(OC2CCCNC2)c2[nH]cnc2n1. The molecule has 0 bridgehead atoms. The molecule has 16 heavy (non-hydrogen) atoms. The summed E-state index contributed by atoms with van der Waals surface area (Å²) in [7, 11) is 0. The first kappa shape index (κ1) is 9.53. The van der Waals surface area contributed by atoms with Crippen molar-refractivity contribution in [2.45, 2.75) is 18.9 Å². The third kappa shape index (κ3) is 1.71. The van der Waals surface area contributed by atoms with E-state index in [0.29, 0.717) is 11.5 Å². The number of hydrogen-bond acceptors (Lipinski definition) is 5. The Morgan fingerprint density at radius 2 is 2.31 bits per heavy atom. The summed E-state index contributed by atoms with van der Waals surface area (Å²) in [4.78, 5) is 15.3. The van der Waals surface area contributed by atoms with Gasteiger partial charge >= 0.3 is 0 Å². The van der Waals surface area contributed by atoms with Gasteiger partial charge in [-0.1, -0.05) is 0 Å². The Bertz CT molecular complexity index is 477. The van der Waals surface area contributed by atoms with E-state index in [1.54, 1.807) is 6.33 Å². The van der Waals surface area contributed by atoms with E-state index in [1.807, 2.05) is 0 Å². The van der Waals surface area contributed by atoms with E-state index < -0.39 is 0 Å². The second-order valence-electron chi connectivity index (χ2n) is 3.87. The minimum Gasteiger partial charge on any atom is -0.471 e. The van der Waals surface area contributed by atoms with Crippen LogP contribution in [-0.2, 0) is 0 Å². The maximum atomic E-state index is 5.84. The van der Waals surface area contributed by atoms with Gasteiger partial charge in [0, 0.05) is 6.54 Å². The zero-order valence-corrected chi connectivity index (χ0v) is 8.81. The molecule has 0 saturated carbocycles. The number of aromatic nitrogens is 4. The van der Waals surface area contributed by atoms with E-state index in [-0.39, 0.29) is 6.10 Å². The minimum absolute atomic E-state index is 0.190. The summed E-state index contributed by atoms with van der Waals surface area (Å²) in [6.45, 7) is 1.95. The number of piperidine rings is 1. The summed E-state index contributed by atoms with van der Waals surface area (Å²) in [5, 5.41) is 3.30. The van der Waals surface area contributed by atoms with Crippen LogP contribution >= 0.6 is 0 Å². The first-order valence-electron chi connectivity index (χ1n) is 5.45. The third-order valence-corrected chi connectivity index (χ3v) is 2.72. The largest absolute Gasteiger partial charge is 0.471 e. The summed E-state index contributed by atoms with van der Waals surface area (Å²) in [5.74, 6) is 0.594. The molecule has 0 aliphatic carbocycles. The highest BCUT2D eigenvalue weighted by Crippen LogP contribution is 2.19. The fraction of sp³-hybridized carbons (Fsp3) is 0.500. The standard InChI is InChI=1S/C10H13N5O/c1-2-7(4-11-3-1)16-10-8-9(13-5-12-8)14-6-15-10/h5-7,11H,1-4H2,(H,12,13,14,15). The van der Waals surface area contributed by atoms with Gasteiger partial charge in [0.15, 0.2) is 5.65 Å². The normalized spacial score (nSPS) is 21.1. The number of aromatic amines is 1. The molecule has 0 amide bonds. The third-order valence-electron chi connectivity index (χ3n) is 2.72. The van der Waals surface area contributed by atoms with Crippen LogP contribution in [0.3, 0.4) is 0 Å². The van der Waals surface area contributed by atoms with E-state index in [9.17, 15) is 0 Å². The van der Waals surface area contributed by atoms with E-state index in [0.717, 1.165) is 31.4 Å². The molecule has 1 aliphatic heterocycles. The maximum Gasteiger partial charge on any atom is 0.243 e. The zero-order valence-electron chi connectivity index (χ0n) is 8.81. The van der Waals surface area contributed by atoms with E-state index in [4.69, 9.17) is 4.74 Å². The van der Waals surface area contributed by atoms with Crippen LogP contribution in [0.15, 0.2) is 12.7 Å². The van der Waals surface area contributed by atoms with Crippen molar-refractivity contribution in [2.24, 2.45) is 0 Å². The lowest BCUT2D eigenvalue weighted by Gasteiger charge is -2.23. The summed E-state index contributed by atoms with van der Waals surface area (Å²) in [6.07, 6.45) is 5.48. The Morgan fingerprint density at radius 1 is 1.31 bits per heavy atom. The van der Waals surface area contributed by atoms with Crippen LogP contribution in [-0.4, -0.2) is 39.1 Å². The topological polar surface area (TPSA) is 75.7 Å². The maximum absolute atomic E-state index is 5.84. The lowest BCUT2D eigenvalue weighted by Crippen LogP contribution is -2.37. The molecule has 2 aromatic heterocycles. The number of fused-ring (bicyclic) bond motifs is 1. The van der Waals surface area contributed by atoms with Crippen molar-refractivity contribution in [2.75, 3.05) is 13.1 Å². The quantitative estimate of drug-likeness (QED) is 0.768. The van der Waals surface area contributed by atoms with E-state index >= 15 is 0 Å². The first-order valence-corrected chi connectivity index (χ1v) is 5.45. The van der Waals surface area contributed by atoms with Crippen LogP contribution in [0.4, 0.5) is 0 Å². The minimum atomic E-state index is 0.190. The van der Waals surface area contributed by atoms with Crippen LogP contribution < -0.4 is 10.1 Å². The van der Waals surface area contributed by atoms with Crippen LogP contribution in [0, 0.1) is 0 Å². The van der Waals surface area contributed by atoms with Crippen molar-refractivity contribution in [3.05, 3.63) is 12.7 Å². The fourth-order valence-electron chi connectivity index (χ4n) is 1.91. The predicted octanol–water partition coefficient (Wildman–Crippen LogP) is 0.484. The van der Waals surface area contributed by atoms with Crippen molar-refractivity contribution < 1.29 is 4.74 Å². The molecule has 2 aromatic rings. The number of imidazole rings is 1. The zero-order chi connectivity index (χ0) is 10.8. The Labute approximate surface area is 92.5 Å². The Balaban J connectivity index is 1.85. The number of nitrogens with zero attached hydrogens (tertiary/aromatic N) is 3. The number of nitrogens with one attached hydrogen (secondary N) is 2. The molecular weight excluding hydrogens is 206 g/mol. The van der Waals surface area contributed by atoms with Crippen molar-refractivity contribution in [3.8, 4) is 5.88 Å². The molecule has 1 saturated heterocycles. The fourth-order valence-corrected chi connectivity index (χ4v) is 1.91. The molecule has 2 N–H and O–H groups in total. The van der Waals surface area contributed by atoms with Gasteiger partial charge in [-0.15, -0.1) is 0 Å². The van der Waals surface area contributed by atoms with Gasteiger partial charge in [-0.05, 0) is 19.4 Å². The van der Waals surface area contributed by atoms with Crippen LogP contribution in [0.5, 0.6) is 5.88 Å². The van der Waals surface area contributed by atoms with Crippen molar-refractivity contribution in [1.29, 1.82) is 0 Å². The van der Waals surface area contributed by atoms with Gasteiger partial charge in [-0.3, -0.25) is 0 Å². The van der Waals surface area contributed by atoms with Crippen LogP contribution in [0.1, 0.15) is 12.8 Å². The van der Waals surface area contributed by atoms with Crippen molar-refractivity contribution >= 4 is 11.2 Å². The Morgan fingerprint density at radius 3 is 3.19 bits per heavy atom. The Hall–Kier alpha value is -1.69. The average molecular weight is 219 g/mol. The average Bonchev–Trinajstić information content (AvgIpc) is 2.80. The summed E-state index contributed by atoms with van der Waals surface area (Å²) in [5.41, 5.74) is 1.42. The molecule has 1 unspecified atom stereocenters. The second kappa shape index (κ2) is 4.05. The van der Waals surface area contributed by atoms with Crippen molar-refractivity contribution in [3.63, 3.8) is 0 Å². The smallest absolute Gasteiger partial charge is 0.243 e. The molecule has 6 heteroatoms. The highest BCUT2D eigenvalue weighted by atomic mass is 16.5. The molecule has 0 radical (unpaired) electrons. The number of hydrogen-bond donors (Lipinski definition) is 2. The van der Waals surface area contributed by atoms with Gasteiger partial charge in [-0.25, -0.2) is 9.97 Å². The van der Waals surface area contributed by atoms with Gasteiger partial charge < -0.3 is 15.0 Å². The van der Waals surface area contributed by atoms with Gasteiger partial charge in [-0.2, -0.15) is 4.98 Å². The summed E-state index contributed by atoms with van der Waals surface area (Å²) in [6, 6.07) is 0. The predicted molar refractivity (Wildman–Crippen MR) is 58.2 cm³/mol. The molecule has 1 aliphatic rings. The van der Waals surface area contributed by atoms with Gasteiger partial charge in [0.1, 0.15) is 17.9 Å². The van der Waals surface area contributed by atoms with Gasteiger partial charge in [0.25, 0.3) is 0 Å². The molecule has 0 aromatic carbocycles.